The van der Waals surface area contributed by atoms with Gasteiger partial charge in [0.05, 0.1) is 13.2 Å². The summed E-state index contributed by atoms with van der Waals surface area (Å²) in [5, 5.41) is 0. The fourth-order valence-corrected chi connectivity index (χ4v) is 5.37. The molecule has 3 aliphatic rings. The van der Waals surface area contributed by atoms with E-state index in [9.17, 15) is 4.79 Å². The minimum atomic E-state index is -0.477. The molecule has 2 saturated carbocycles. The van der Waals surface area contributed by atoms with Crippen LogP contribution in [0.1, 0.15) is 52.0 Å². The zero-order valence-corrected chi connectivity index (χ0v) is 15.5. The first kappa shape index (κ1) is 17.0. The maximum atomic E-state index is 13.5. The molecule has 1 heterocycles. The number of ether oxygens (including phenoxy) is 2. The standard InChI is InChI=1S/C22H28O3/c1-16-20(2)10-9-18(15-17-7-5-4-6-8-17)19(23)21(20,3)11-12-22(16)24-13-14-25-22/h4-8,15-16H,9-14H2,1-3H3/b18-15+/t16-,20-,21+/m1/s1. The zero-order valence-electron chi connectivity index (χ0n) is 15.5. The lowest BCUT2D eigenvalue weighted by Crippen LogP contribution is -2.62. The Bertz CT molecular complexity index is 701. The number of hydrogen-bond acceptors (Lipinski definition) is 3. The minimum Gasteiger partial charge on any atom is -0.347 e. The van der Waals surface area contributed by atoms with Gasteiger partial charge in [0.2, 0.25) is 0 Å². The molecular formula is C22H28O3. The van der Waals surface area contributed by atoms with Crippen LogP contribution >= 0.6 is 0 Å². The van der Waals surface area contributed by atoms with Crippen molar-refractivity contribution in [1.82, 2.24) is 0 Å². The van der Waals surface area contributed by atoms with Crippen molar-refractivity contribution < 1.29 is 14.3 Å². The molecule has 0 unspecified atom stereocenters. The maximum absolute atomic E-state index is 13.5. The van der Waals surface area contributed by atoms with E-state index < -0.39 is 5.79 Å². The van der Waals surface area contributed by atoms with E-state index in [1.165, 1.54) is 0 Å². The van der Waals surface area contributed by atoms with Gasteiger partial charge in [-0.25, -0.2) is 0 Å². The normalized spacial score (nSPS) is 38.9. The number of rotatable bonds is 1. The fourth-order valence-electron chi connectivity index (χ4n) is 5.37. The molecule has 0 amide bonds. The Hall–Kier alpha value is -1.45. The third-order valence-corrected chi connectivity index (χ3v) is 7.47. The number of carbonyl (C=O) groups excluding carboxylic acids is 1. The molecule has 0 radical (unpaired) electrons. The molecule has 1 aromatic rings. The Labute approximate surface area is 150 Å². The van der Waals surface area contributed by atoms with Crippen molar-refractivity contribution in [3.8, 4) is 0 Å². The van der Waals surface area contributed by atoms with Crippen molar-refractivity contribution in [2.45, 2.75) is 52.2 Å². The van der Waals surface area contributed by atoms with Crippen LogP contribution in [0, 0.1) is 16.7 Å². The van der Waals surface area contributed by atoms with Gasteiger partial charge < -0.3 is 9.47 Å². The van der Waals surface area contributed by atoms with Crippen LogP contribution in [-0.2, 0) is 14.3 Å². The van der Waals surface area contributed by atoms with Gasteiger partial charge >= 0.3 is 0 Å². The van der Waals surface area contributed by atoms with Gasteiger partial charge in [0.1, 0.15) is 0 Å². The number of benzene rings is 1. The van der Waals surface area contributed by atoms with E-state index >= 15 is 0 Å². The highest BCUT2D eigenvalue weighted by atomic mass is 16.7. The van der Waals surface area contributed by atoms with Gasteiger partial charge in [-0.2, -0.15) is 0 Å². The predicted molar refractivity (Wildman–Crippen MR) is 97.9 cm³/mol. The second-order valence-electron chi connectivity index (χ2n) is 8.39. The molecule has 0 aromatic heterocycles. The molecule has 1 aromatic carbocycles. The van der Waals surface area contributed by atoms with E-state index in [4.69, 9.17) is 9.47 Å². The second-order valence-corrected chi connectivity index (χ2v) is 8.39. The number of carbonyl (C=O) groups is 1. The van der Waals surface area contributed by atoms with Gasteiger partial charge in [0, 0.05) is 17.8 Å². The molecule has 1 saturated heterocycles. The summed E-state index contributed by atoms with van der Waals surface area (Å²) in [4.78, 5) is 13.5. The number of Topliss-reactive ketones (excluding diaryl/α,β-unsaturated/α-hetero) is 1. The molecule has 3 nitrogen and oxygen atoms in total. The van der Waals surface area contributed by atoms with Crippen LogP contribution in [0.4, 0.5) is 0 Å². The molecule has 3 heteroatoms. The first-order valence-corrected chi connectivity index (χ1v) is 9.50. The van der Waals surface area contributed by atoms with Crippen LogP contribution in [0.5, 0.6) is 0 Å². The topological polar surface area (TPSA) is 35.5 Å². The van der Waals surface area contributed by atoms with E-state index in [1.54, 1.807) is 0 Å². The lowest BCUT2D eigenvalue weighted by molar-refractivity contribution is -0.264. The molecule has 1 spiro atoms. The average molecular weight is 340 g/mol. The summed E-state index contributed by atoms with van der Waals surface area (Å²) in [6.45, 7) is 8.02. The highest BCUT2D eigenvalue weighted by Crippen LogP contribution is 2.64. The molecular weight excluding hydrogens is 312 g/mol. The number of allylic oxidation sites excluding steroid dienone is 1. The fraction of sp³-hybridized carbons (Fsp3) is 0.591. The summed E-state index contributed by atoms with van der Waals surface area (Å²) in [6.07, 6.45) is 5.57. The quantitative estimate of drug-likeness (QED) is 0.700. The van der Waals surface area contributed by atoms with Crippen molar-refractivity contribution in [1.29, 1.82) is 0 Å². The van der Waals surface area contributed by atoms with Gasteiger partial charge in [-0.15, -0.1) is 0 Å². The van der Waals surface area contributed by atoms with Crippen molar-refractivity contribution in [3.63, 3.8) is 0 Å². The van der Waals surface area contributed by atoms with Gasteiger partial charge in [-0.05, 0) is 41.9 Å². The maximum Gasteiger partial charge on any atom is 0.171 e. The zero-order chi connectivity index (χ0) is 17.7. The van der Waals surface area contributed by atoms with Crippen LogP contribution in [-0.4, -0.2) is 24.8 Å². The molecule has 134 valence electrons. The Kier molecular flexibility index (Phi) is 3.93. The molecule has 1 aliphatic heterocycles. The van der Waals surface area contributed by atoms with E-state index in [2.05, 4.69) is 39.0 Å². The largest absolute Gasteiger partial charge is 0.347 e. The summed E-state index contributed by atoms with van der Waals surface area (Å²) in [7, 11) is 0. The molecule has 3 fully saturated rings. The van der Waals surface area contributed by atoms with Gasteiger partial charge in [0.15, 0.2) is 11.6 Å². The van der Waals surface area contributed by atoms with Crippen molar-refractivity contribution in [2.24, 2.45) is 16.7 Å². The first-order chi connectivity index (χ1) is 11.9. The van der Waals surface area contributed by atoms with E-state index in [1.807, 2.05) is 18.2 Å². The van der Waals surface area contributed by atoms with Crippen LogP contribution in [0.3, 0.4) is 0 Å². The second kappa shape index (κ2) is 5.78. The average Bonchev–Trinajstić information content (AvgIpc) is 3.10. The summed E-state index contributed by atoms with van der Waals surface area (Å²) < 4.78 is 12.1. The van der Waals surface area contributed by atoms with Gasteiger partial charge in [-0.3, -0.25) is 4.79 Å². The summed E-state index contributed by atoms with van der Waals surface area (Å²) in [5.41, 5.74) is 1.65. The third-order valence-electron chi connectivity index (χ3n) is 7.47. The summed E-state index contributed by atoms with van der Waals surface area (Å²) >= 11 is 0. The highest BCUT2D eigenvalue weighted by Gasteiger charge is 2.65. The Balaban J connectivity index is 1.68. The van der Waals surface area contributed by atoms with Crippen LogP contribution in [0.15, 0.2) is 35.9 Å². The highest BCUT2D eigenvalue weighted by molar-refractivity contribution is 6.04. The third kappa shape index (κ3) is 2.36. The van der Waals surface area contributed by atoms with Crippen molar-refractivity contribution in [2.75, 3.05) is 13.2 Å². The van der Waals surface area contributed by atoms with E-state index in [0.717, 1.165) is 36.8 Å². The van der Waals surface area contributed by atoms with Crippen LogP contribution in [0.25, 0.3) is 6.08 Å². The Morgan fingerprint density at radius 1 is 1.04 bits per heavy atom. The van der Waals surface area contributed by atoms with Gasteiger partial charge in [-0.1, -0.05) is 51.1 Å². The molecule has 2 aliphatic carbocycles. The minimum absolute atomic E-state index is 0.0965. The number of ketones is 1. The Morgan fingerprint density at radius 3 is 2.40 bits per heavy atom. The van der Waals surface area contributed by atoms with Gasteiger partial charge in [0.25, 0.3) is 0 Å². The molecule has 0 N–H and O–H groups in total. The smallest absolute Gasteiger partial charge is 0.171 e. The summed E-state index contributed by atoms with van der Waals surface area (Å²) in [6, 6.07) is 10.2. The number of fused-ring (bicyclic) bond motifs is 1. The molecule has 0 bridgehead atoms. The van der Waals surface area contributed by atoms with E-state index in [-0.39, 0.29) is 16.7 Å². The van der Waals surface area contributed by atoms with E-state index in [0.29, 0.717) is 19.0 Å². The van der Waals surface area contributed by atoms with Crippen molar-refractivity contribution >= 4 is 11.9 Å². The first-order valence-electron chi connectivity index (χ1n) is 9.50. The lowest BCUT2D eigenvalue weighted by Gasteiger charge is -2.60. The molecule has 3 atom stereocenters. The van der Waals surface area contributed by atoms with Crippen LogP contribution < -0.4 is 0 Å². The lowest BCUT2D eigenvalue weighted by atomic mass is 9.45. The molecule has 25 heavy (non-hydrogen) atoms. The SMILES string of the molecule is C[C@H]1C2(CC[C@@]3(C)C(=O)/C(=C/c4ccccc4)CC[C@]13C)OCCO2. The summed E-state index contributed by atoms with van der Waals surface area (Å²) in [5.74, 6) is 0.0584. The van der Waals surface area contributed by atoms with Crippen molar-refractivity contribution in [3.05, 3.63) is 41.5 Å². The Morgan fingerprint density at radius 2 is 1.72 bits per heavy atom. The predicted octanol–water partition coefficient (Wildman–Crippen LogP) is 4.62. The molecule has 4 rings (SSSR count). The van der Waals surface area contributed by atoms with Crippen LogP contribution in [0.2, 0.25) is 0 Å². The number of hydrogen-bond donors (Lipinski definition) is 0. The monoisotopic (exact) mass is 340 g/mol.